The van der Waals surface area contributed by atoms with Crippen LogP contribution in [-0.4, -0.2) is 38.5 Å². The highest BCUT2D eigenvalue weighted by molar-refractivity contribution is 6.35. The minimum atomic E-state index is -0.415. The number of benzene rings is 2. The van der Waals surface area contributed by atoms with E-state index >= 15 is 0 Å². The Morgan fingerprint density at radius 3 is 2.64 bits per heavy atom. The molecule has 1 saturated heterocycles. The van der Waals surface area contributed by atoms with Crippen LogP contribution in [0.2, 0.25) is 15.1 Å². The van der Waals surface area contributed by atoms with Gasteiger partial charge in [0.25, 0.3) is 5.91 Å². The van der Waals surface area contributed by atoms with E-state index in [-0.39, 0.29) is 17.6 Å². The second kappa shape index (κ2) is 7.74. The van der Waals surface area contributed by atoms with Gasteiger partial charge in [-0.1, -0.05) is 40.9 Å². The third-order valence-corrected chi connectivity index (χ3v) is 5.60. The van der Waals surface area contributed by atoms with Gasteiger partial charge in [0, 0.05) is 22.6 Å². The number of carbonyl (C=O) groups excluding carboxylic acids is 1. The molecule has 0 radical (unpaired) electrons. The molecule has 4 rings (SSSR count). The van der Waals surface area contributed by atoms with Crippen molar-refractivity contribution in [2.45, 2.75) is 25.3 Å². The molecule has 1 amide bonds. The SMILES string of the molecule is O=C(c1nc2cccc(Cl)c2nc1O)N1CCC[C@H]1Cc1cc(Cl)cc(Cl)c1. The third-order valence-electron chi connectivity index (χ3n) is 4.86. The Morgan fingerprint density at radius 2 is 1.89 bits per heavy atom. The van der Waals surface area contributed by atoms with E-state index in [1.54, 1.807) is 29.2 Å². The first kappa shape index (κ1) is 19.2. The van der Waals surface area contributed by atoms with Gasteiger partial charge in [0.15, 0.2) is 5.69 Å². The number of halogens is 3. The van der Waals surface area contributed by atoms with Gasteiger partial charge in [-0.2, -0.15) is 0 Å². The topological polar surface area (TPSA) is 66.3 Å². The largest absolute Gasteiger partial charge is 0.492 e. The number of amides is 1. The van der Waals surface area contributed by atoms with Gasteiger partial charge < -0.3 is 10.0 Å². The Hall–Kier alpha value is -2.08. The van der Waals surface area contributed by atoms with E-state index in [1.807, 2.05) is 12.1 Å². The van der Waals surface area contributed by atoms with Crippen molar-refractivity contribution >= 4 is 51.7 Å². The van der Waals surface area contributed by atoms with Crippen molar-refractivity contribution in [2.75, 3.05) is 6.54 Å². The molecular formula is C20H16Cl3N3O2. The smallest absolute Gasteiger partial charge is 0.278 e. The number of fused-ring (bicyclic) bond motifs is 1. The Kier molecular flexibility index (Phi) is 5.32. The van der Waals surface area contributed by atoms with Crippen LogP contribution in [0.25, 0.3) is 11.0 Å². The normalized spacial score (nSPS) is 16.7. The highest BCUT2D eigenvalue weighted by atomic mass is 35.5. The van der Waals surface area contributed by atoms with E-state index in [2.05, 4.69) is 9.97 Å². The zero-order valence-corrected chi connectivity index (χ0v) is 17.0. The van der Waals surface area contributed by atoms with Crippen LogP contribution in [0.3, 0.4) is 0 Å². The summed E-state index contributed by atoms with van der Waals surface area (Å²) < 4.78 is 0. The summed E-state index contributed by atoms with van der Waals surface area (Å²) in [6.45, 7) is 0.590. The van der Waals surface area contributed by atoms with E-state index in [9.17, 15) is 9.90 Å². The van der Waals surface area contributed by atoms with Gasteiger partial charge in [-0.25, -0.2) is 9.97 Å². The molecule has 2 heterocycles. The number of likely N-dealkylation sites (tertiary alicyclic amines) is 1. The summed E-state index contributed by atoms with van der Waals surface area (Å²) in [4.78, 5) is 23.2. The number of hydrogen-bond acceptors (Lipinski definition) is 4. The lowest BCUT2D eigenvalue weighted by Crippen LogP contribution is -2.37. The second-order valence-corrected chi connectivity index (χ2v) is 8.06. The molecule has 28 heavy (non-hydrogen) atoms. The van der Waals surface area contributed by atoms with Gasteiger partial charge in [0.1, 0.15) is 5.52 Å². The standard InChI is InChI=1S/C20H16Cl3N3O2/c21-12-7-11(8-13(22)10-12)9-14-3-2-6-26(14)20(28)18-19(27)25-17-15(23)4-1-5-16(17)24-18/h1,4-5,7-8,10,14H,2-3,6,9H2,(H,25,27)/t14-/m0/s1. The lowest BCUT2D eigenvalue weighted by Gasteiger charge is -2.25. The first-order valence-electron chi connectivity index (χ1n) is 8.83. The molecule has 1 aliphatic heterocycles. The number of aromatic nitrogens is 2. The molecule has 3 aromatic rings. The van der Waals surface area contributed by atoms with Crippen molar-refractivity contribution in [1.82, 2.24) is 14.9 Å². The molecule has 1 N–H and O–H groups in total. The average molecular weight is 437 g/mol. The molecular weight excluding hydrogens is 421 g/mol. The number of nitrogens with zero attached hydrogens (tertiary/aromatic N) is 3. The minimum absolute atomic E-state index is 0.0294. The molecule has 0 unspecified atom stereocenters. The van der Waals surface area contributed by atoms with Crippen LogP contribution in [0.15, 0.2) is 36.4 Å². The molecule has 0 saturated carbocycles. The predicted molar refractivity (Wildman–Crippen MR) is 110 cm³/mol. The quantitative estimate of drug-likeness (QED) is 0.617. The summed E-state index contributed by atoms with van der Waals surface area (Å²) in [5, 5.41) is 11.8. The maximum Gasteiger partial charge on any atom is 0.278 e. The molecule has 1 fully saturated rings. The molecule has 2 aromatic carbocycles. The van der Waals surface area contributed by atoms with Crippen molar-refractivity contribution in [2.24, 2.45) is 0 Å². The van der Waals surface area contributed by atoms with Crippen LogP contribution in [0.5, 0.6) is 5.88 Å². The minimum Gasteiger partial charge on any atom is -0.492 e. The van der Waals surface area contributed by atoms with Crippen LogP contribution in [-0.2, 0) is 6.42 Å². The van der Waals surface area contributed by atoms with Crippen molar-refractivity contribution in [3.8, 4) is 5.88 Å². The number of carbonyl (C=O) groups is 1. The molecule has 0 bridgehead atoms. The van der Waals surface area contributed by atoms with Gasteiger partial charge in [-0.15, -0.1) is 0 Å². The first-order chi connectivity index (χ1) is 13.4. The maximum atomic E-state index is 13.1. The highest BCUT2D eigenvalue weighted by Gasteiger charge is 2.32. The summed E-state index contributed by atoms with van der Waals surface area (Å²) in [6.07, 6.45) is 2.35. The van der Waals surface area contributed by atoms with E-state index in [1.165, 1.54) is 0 Å². The van der Waals surface area contributed by atoms with Crippen LogP contribution in [0.1, 0.15) is 28.9 Å². The van der Waals surface area contributed by atoms with Gasteiger partial charge in [0.2, 0.25) is 5.88 Å². The molecule has 1 atom stereocenters. The predicted octanol–water partition coefficient (Wildman–Crippen LogP) is 5.14. The van der Waals surface area contributed by atoms with Crippen molar-refractivity contribution in [3.05, 3.63) is 62.7 Å². The zero-order chi connectivity index (χ0) is 19.8. The number of para-hydroxylation sites is 1. The lowest BCUT2D eigenvalue weighted by molar-refractivity contribution is 0.0727. The summed E-state index contributed by atoms with van der Waals surface area (Å²) >= 11 is 18.3. The highest BCUT2D eigenvalue weighted by Crippen LogP contribution is 2.29. The molecule has 0 aliphatic carbocycles. The fraction of sp³-hybridized carbons (Fsp3) is 0.250. The molecule has 0 spiro atoms. The monoisotopic (exact) mass is 435 g/mol. The van der Waals surface area contributed by atoms with Crippen molar-refractivity contribution < 1.29 is 9.90 Å². The van der Waals surface area contributed by atoms with Crippen LogP contribution in [0.4, 0.5) is 0 Å². The van der Waals surface area contributed by atoms with E-state index in [0.717, 1.165) is 18.4 Å². The van der Waals surface area contributed by atoms with Gasteiger partial charge >= 0.3 is 0 Å². The molecule has 5 nitrogen and oxygen atoms in total. The van der Waals surface area contributed by atoms with E-state index in [4.69, 9.17) is 34.8 Å². The molecule has 1 aromatic heterocycles. The van der Waals surface area contributed by atoms with Gasteiger partial charge in [0.05, 0.1) is 10.5 Å². The summed E-state index contributed by atoms with van der Waals surface area (Å²) in [7, 11) is 0. The fourth-order valence-electron chi connectivity index (χ4n) is 3.63. The first-order valence-corrected chi connectivity index (χ1v) is 9.97. The second-order valence-electron chi connectivity index (χ2n) is 6.78. The Labute approximate surface area is 176 Å². The lowest BCUT2D eigenvalue weighted by atomic mass is 10.0. The van der Waals surface area contributed by atoms with E-state index < -0.39 is 5.88 Å². The van der Waals surface area contributed by atoms with Gasteiger partial charge in [-0.3, -0.25) is 4.79 Å². The molecule has 1 aliphatic rings. The average Bonchev–Trinajstić information content (AvgIpc) is 3.08. The zero-order valence-electron chi connectivity index (χ0n) is 14.7. The summed E-state index contributed by atoms with van der Waals surface area (Å²) in [5.41, 5.74) is 1.73. The van der Waals surface area contributed by atoms with Crippen LogP contribution >= 0.6 is 34.8 Å². The molecule has 144 valence electrons. The number of aromatic hydroxyl groups is 1. The van der Waals surface area contributed by atoms with Crippen LogP contribution in [0, 0.1) is 0 Å². The molecule has 8 heteroatoms. The Balaban J connectivity index is 1.63. The fourth-order valence-corrected chi connectivity index (χ4v) is 4.41. The Morgan fingerprint density at radius 1 is 1.14 bits per heavy atom. The Bertz CT molecular complexity index is 1050. The summed E-state index contributed by atoms with van der Waals surface area (Å²) in [6, 6.07) is 10.4. The third kappa shape index (κ3) is 3.75. The number of rotatable bonds is 3. The number of hydrogen-bond donors (Lipinski definition) is 1. The summed E-state index contributed by atoms with van der Waals surface area (Å²) in [5.74, 6) is -0.760. The van der Waals surface area contributed by atoms with Crippen molar-refractivity contribution in [1.29, 1.82) is 0 Å². The van der Waals surface area contributed by atoms with Crippen molar-refractivity contribution in [3.63, 3.8) is 0 Å². The van der Waals surface area contributed by atoms with E-state index in [0.29, 0.717) is 39.1 Å². The maximum absolute atomic E-state index is 13.1. The van der Waals surface area contributed by atoms with Crippen LogP contribution < -0.4 is 0 Å². The van der Waals surface area contributed by atoms with Gasteiger partial charge in [-0.05, 0) is 55.2 Å².